The van der Waals surface area contributed by atoms with Gasteiger partial charge in [0.2, 0.25) is 5.91 Å². The van der Waals surface area contributed by atoms with Crippen LogP contribution in [0.4, 0.5) is 0 Å². The standard InChI is InChI=1S/C22H24N2O2S/c1-3-4-21(20-10-9-19(26-2)14-23-20)24-22(25)13-16-5-7-17(8-6-16)18-11-12-27-15-18/h5-12,14-15,21H,3-4,13H2,1-2H3,(H,24,25). The Morgan fingerprint density at radius 1 is 1.15 bits per heavy atom. The zero-order valence-corrected chi connectivity index (χ0v) is 16.5. The number of pyridine rings is 1. The Balaban J connectivity index is 1.63. The predicted molar refractivity (Wildman–Crippen MR) is 110 cm³/mol. The van der Waals surface area contributed by atoms with Gasteiger partial charge < -0.3 is 10.1 Å². The van der Waals surface area contributed by atoms with Crippen LogP contribution in [-0.2, 0) is 11.2 Å². The second-order valence-electron chi connectivity index (χ2n) is 6.42. The first-order chi connectivity index (χ1) is 13.2. The van der Waals surface area contributed by atoms with Crippen LogP contribution in [0.5, 0.6) is 5.75 Å². The minimum atomic E-state index is -0.0847. The number of carbonyl (C=O) groups is 1. The van der Waals surface area contributed by atoms with Gasteiger partial charge in [0.05, 0.1) is 31.5 Å². The van der Waals surface area contributed by atoms with Gasteiger partial charge in [-0.25, -0.2) is 0 Å². The van der Waals surface area contributed by atoms with Crippen LogP contribution in [0.1, 0.15) is 37.1 Å². The molecular weight excluding hydrogens is 356 g/mol. The lowest BCUT2D eigenvalue weighted by Gasteiger charge is -2.18. The average molecular weight is 381 g/mol. The molecule has 0 aliphatic rings. The smallest absolute Gasteiger partial charge is 0.224 e. The second kappa shape index (κ2) is 9.33. The van der Waals surface area contributed by atoms with Crippen molar-refractivity contribution in [3.63, 3.8) is 0 Å². The molecule has 27 heavy (non-hydrogen) atoms. The molecule has 0 bridgehead atoms. The molecule has 1 atom stereocenters. The molecule has 0 fully saturated rings. The largest absolute Gasteiger partial charge is 0.495 e. The first-order valence-corrected chi connectivity index (χ1v) is 10.0. The number of nitrogens with zero attached hydrogens (tertiary/aromatic N) is 1. The number of hydrogen-bond acceptors (Lipinski definition) is 4. The maximum absolute atomic E-state index is 12.5. The number of benzene rings is 1. The Kier molecular flexibility index (Phi) is 6.60. The minimum absolute atomic E-state index is 0.00866. The van der Waals surface area contributed by atoms with Crippen molar-refractivity contribution in [2.75, 3.05) is 7.11 Å². The summed E-state index contributed by atoms with van der Waals surface area (Å²) in [4.78, 5) is 17.0. The molecule has 0 radical (unpaired) electrons. The summed E-state index contributed by atoms with van der Waals surface area (Å²) in [6.07, 6.45) is 3.86. The Hall–Kier alpha value is -2.66. The lowest BCUT2D eigenvalue weighted by Crippen LogP contribution is -2.30. The Labute approximate surface area is 164 Å². The van der Waals surface area contributed by atoms with E-state index in [1.54, 1.807) is 24.6 Å². The molecule has 1 aromatic carbocycles. The molecule has 5 heteroatoms. The average Bonchev–Trinajstić information content (AvgIpc) is 3.23. The normalized spacial score (nSPS) is 11.8. The molecular formula is C22H24N2O2S. The van der Waals surface area contributed by atoms with Gasteiger partial charge >= 0.3 is 0 Å². The van der Waals surface area contributed by atoms with Crippen LogP contribution in [0.2, 0.25) is 0 Å². The van der Waals surface area contributed by atoms with Gasteiger partial charge in [-0.05, 0) is 52.1 Å². The van der Waals surface area contributed by atoms with E-state index in [0.717, 1.165) is 24.1 Å². The third-order valence-electron chi connectivity index (χ3n) is 4.44. The molecule has 140 valence electrons. The van der Waals surface area contributed by atoms with Gasteiger partial charge in [0.15, 0.2) is 0 Å². The van der Waals surface area contributed by atoms with Gasteiger partial charge in [0, 0.05) is 0 Å². The fourth-order valence-electron chi connectivity index (χ4n) is 2.98. The lowest BCUT2D eigenvalue weighted by atomic mass is 10.0. The second-order valence-corrected chi connectivity index (χ2v) is 7.20. The maximum atomic E-state index is 12.5. The van der Waals surface area contributed by atoms with Crippen molar-refractivity contribution in [1.29, 1.82) is 0 Å². The first kappa shape index (κ1) is 19.1. The highest BCUT2D eigenvalue weighted by molar-refractivity contribution is 7.08. The number of ether oxygens (including phenoxy) is 1. The van der Waals surface area contributed by atoms with Gasteiger partial charge in [-0.3, -0.25) is 9.78 Å². The molecule has 0 spiro atoms. The molecule has 3 rings (SSSR count). The lowest BCUT2D eigenvalue weighted by molar-refractivity contribution is -0.121. The number of carbonyl (C=O) groups excluding carboxylic acids is 1. The third kappa shape index (κ3) is 5.17. The van der Waals surface area contributed by atoms with E-state index in [4.69, 9.17) is 4.74 Å². The van der Waals surface area contributed by atoms with Crippen LogP contribution in [0.25, 0.3) is 11.1 Å². The van der Waals surface area contributed by atoms with Crippen molar-refractivity contribution >= 4 is 17.2 Å². The van der Waals surface area contributed by atoms with Gasteiger partial charge in [-0.15, -0.1) is 0 Å². The molecule has 2 aromatic heterocycles. The number of aromatic nitrogens is 1. The summed E-state index contributed by atoms with van der Waals surface area (Å²) >= 11 is 1.68. The summed E-state index contributed by atoms with van der Waals surface area (Å²) in [7, 11) is 1.62. The van der Waals surface area contributed by atoms with Gasteiger partial charge in [-0.2, -0.15) is 11.3 Å². The van der Waals surface area contributed by atoms with Crippen molar-refractivity contribution < 1.29 is 9.53 Å². The molecule has 1 N–H and O–H groups in total. The summed E-state index contributed by atoms with van der Waals surface area (Å²) in [5.74, 6) is 0.723. The molecule has 0 aliphatic carbocycles. The highest BCUT2D eigenvalue weighted by atomic mass is 32.1. The van der Waals surface area contributed by atoms with Gasteiger partial charge in [-0.1, -0.05) is 37.6 Å². The number of methoxy groups -OCH3 is 1. The van der Waals surface area contributed by atoms with E-state index in [2.05, 4.69) is 46.2 Å². The molecule has 0 aliphatic heterocycles. The fraction of sp³-hybridized carbons (Fsp3) is 0.273. The van der Waals surface area contributed by atoms with Crippen LogP contribution in [-0.4, -0.2) is 18.0 Å². The van der Waals surface area contributed by atoms with E-state index >= 15 is 0 Å². The predicted octanol–water partition coefficient (Wildman–Crippen LogP) is 5.02. The van der Waals surface area contributed by atoms with Crippen molar-refractivity contribution in [3.05, 3.63) is 70.7 Å². The zero-order chi connectivity index (χ0) is 19.1. The summed E-state index contributed by atoms with van der Waals surface area (Å²) in [5, 5.41) is 7.31. The Morgan fingerprint density at radius 3 is 2.56 bits per heavy atom. The number of thiophene rings is 1. The van der Waals surface area contributed by atoms with E-state index in [1.807, 2.05) is 24.3 Å². The van der Waals surface area contributed by atoms with Crippen LogP contribution in [0.15, 0.2) is 59.4 Å². The SMILES string of the molecule is CCCC(NC(=O)Cc1ccc(-c2ccsc2)cc1)c1ccc(OC)cn1. The monoisotopic (exact) mass is 380 g/mol. The van der Waals surface area contributed by atoms with Crippen LogP contribution in [0, 0.1) is 0 Å². The van der Waals surface area contributed by atoms with Gasteiger partial charge in [0.25, 0.3) is 0 Å². The van der Waals surface area contributed by atoms with E-state index in [0.29, 0.717) is 12.2 Å². The number of amides is 1. The van der Waals surface area contributed by atoms with Crippen LogP contribution < -0.4 is 10.1 Å². The number of nitrogens with one attached hydrogen (secondary N) is 1. The van der Waals surface area contributed by atoms with Crippen molar-refractivity contribution in [2.45, 2.75) is 32.2 Å². The third-order valence-corrected chi connectivity index (χ3v) is 5.12. The molecule has 1 unspecified atom stereocenters. The molecule has 3 aromatic rings. The van der Waals surface area contributed by atoms with E-state index in [9.17, 15) is 4.79 Å². The summed E-state index contributed by atoms with van der Waals surface area (Å²) in [6, 6.07) is 14.0. The highest BCUT2D eigenvalue weighted by Crippen LogP contribution is 2.23. The molecule has 4 nitrogen and oxygen atoms in total. The molecule has 0 saturated heterocycles. The summed E-state index contributed by atoms with van der Waals surface area (Å²) in [5.41, 5.74) is 4.25. The van der Waals surface area contributed by atoms with E-state index < -0.39 is 0 Å². The zero-order valence-electron chi connectivity index (χ0n) is 15.6. The van der Waals surface area contributed by atoms with Gasteiger partial charge in [0.1, 0.15) is 5.75 Å². The molecule has 2 heterocycles. The van der Waals surface area contributed by atoms with Crippen LogP contribution in [0.3, 0.4) is 0 Å². The maximum Gasteiger partial charge on any atom is 0.224 e. The minimum Gasteiger partial charge on any atom is -0.495 e. The highest BCUT2D eigenvalue weighted by Gasteiger charge is 2.15. The number of hydrogen-bond donors (Lipinski definition) is 1. The van der Waals surface area contributed by atoms with Crippen molar-refractivity contribution in [2.24, 2.45) is 0 Å². The topological polar surface area (TPSA) is 51.2 Å². The van der Waals surface area contributed by atoms with E-state index in [-0.39, 0.29) is 11.9 Å². The van der Waals surface area contributed by atoms with Crippen molar-refractivity contribution in [3.8, 4) is 16.9 Å². The molecule has 1 amide bonds. The summed E-state index contributed by atoms with van der Waals surface area (Å²) < 4.78 is 5.16. The summed E-state index contributed by atoms with van der Waals surface area (Å²) in [6.45, 7) is 2.10. The Bertz CT molecular complexity index is 843. The van der Waals surface area contributed by atoms with E-state index in [1.165, 1.54) is 11.1 Å². The quantitative estimate of drug-likeness (QED) is 0.597. The van der Waals surface area contributed by atoms with Crippen molar-refractivity contribution in [1.82, 2.24) is 10.3 Å². The Morgan fingerprint density at radius 2 is 1.96 bits per heavy atom. The molecule has 0 saturated carbocycles. The fourth-order valence-corrected chi connectivity index (χ4v) is 3.64. The van der Waals surface area contributed by atoms with Crippen LogP contribution >= 0.6 is 11.3 Å². The number of rotatable bonds is 8. The first-order valence-electron chi connectivity index (χ1n) is 9.10.